The van der Waals surface area contributed by atoms with Gasteiger partial charge in [-0.05, 0) is 52.6 Å². The maximum atomic E-state index is 5.06. The van der Waals surface area contributed by atoms with Crippen molar-refractivity contribution >= 4 is 0 Å². The monoisotopic (exact) mass is 181 g/mol. The molecule has 2 heteroatoms. The van der Waals surface area contributed by atoms with E-state index in [-0.39, 0.29) is 5.54 Å². The Labute approximate surface area is 81.3 Å². The molecule has 1 unspecified atom stereocenters. The van der Waals surface area contributed by atoms with Gasteiger partial charge in [-0.2, -0.15) is 0 Å². The van der Waals surface area contributed by atoms with Gasteiger partial charge in [0.2, 0.25) is 0 Å². The van der Waals surface area contributed by atoms with Crippen molar-refractivity contribution in [2.45, 2.75) is 38.6 Å². The Kier molecular flexibility index (Phi) is 3.62. The summed E-state index contributed by atoms with van der Waals surface area (Å²) >= 11 is 0. The second kappa shape index (κ2) is 4.53. The van der Waals surface area contributed by atoms with Crippen LogP contribution in [-0.2, 0) is 4.74 Å². The van der Waals surface area contributed by atoms with Gasteiger partial charge in [0, 0.05) is 0 Å². The van der Waals surface area contributed by atoms with Crippen LogP contribution in [0, 0.1) is 12.0 Å². The van der Waals surface area contributed by atoms with Crippen molar-refractivity contribution < 1.29 is 4.74 Å². The molecule has 1 atom stereocenters. The third kappa shape index (κ3) is 2.63. The Balaban J connectivity index is 2.57. The molecule has 0 bridgehead atoms. The molecule has 1 aliphatic heterocycles. The van der Waals surface area contributed by atoms with Crippen LogP contribution in [0.3, 0.4) is 0 Å². The smallest absolute Gasteiger partial charge is 0.112 e. The van der Waals surface area contributed by atoms with Gasteiger partial charge in [-0.15, -0.1) is 0 Å². The molecule has 74 valence electrons. The Morgan fingerprint density at radius 3 is 2.85 bits per heavy atom. The van der Waals surface area contributed by atoms with Crippen LogP contribution >= 0.6 is 0 Å². The molecule has 0 N–H and O–H groups in total. The fourth-order valence-corrected chi connectivity index (χ4v) is 1.63. The average Bonchev–Trinajstić information content (AvgIpc) is 2.11. The minimum absolute atomic E-state index is 0.0351. The van der Waals surface area contributed by atoms with Crippen LogP contribution in [0.25, 0.3) is 0 Å². The van der Waals surface area contributed by atoms with Crippen LogP contribution < -0.4 is 0 Å². The van der Waals surface area contributed by atoms with Crippen molar-refractivity contribution in [3.63, 3.8) is 0 Å². The number of likely N-dealkylation sites (tertiary alicyclic amines) is 1. The first kappa shape index (κ1) is 10.4. The van der Waals surface area contributed by atoms with E-state index in [0.29, 0.717) is 6.61 Å². The van der Waals surface area contributed by atoms with Crippen LogP contribution in [0.1, 0.15) is 33.1 Å². The van der Waals surface area contributed by atoms with Gasteiger partial charge in [0.15, 0.2) is 0 Å². The van der Waals surface area contributed by atoms with Gasteiger partial charge in [-0.25, -0.2) is 0 Å². The van der Waals surface area contributed by atoms with Gasteiger partial charge in [0.1, 0.15) is 6.11 Å². The number of ether oxygens (including phenoxy) is 1. The molecule has 1 saturated heterocycles. The van der Waals surface area contributed by atoms with E-state index < -0.39 is 0 Å². The Hall–Kier alpha value is -0.680. The lowest BCUT2D eigenvalue weighted by Crippen LogP contribution is -2.46. The molecule has 1 fully saturated rings. The minimum Gasteiger partial charge on any atom is -0.447 e. The summed E-state index contributed by atoms with van der Waals surface area (Å²) in [5.41, 5.74) is 0.0351. The van der Waals surface area contributed by atoms with E-state index in [1.54, 1.807) is 0 Å². The zero-order valence-electron chi connectivity index (χ0n) is 8.89. The minimum atomic E-state index is 0.0351. The van der Waals surface area contributed by atoms with Crippen molar-refractivity contribution in [1.82, 2.24) is 4.90 Å². The highest BCUT2D eigenvalue weighted by Crippen LogP contribution is 2.25. The maximum Gasteiger partial charge on any atom is 0.112 e. The summed E-state index contributed by atoms with van der Waals surface area (Å²) in [6, 6.07) is 0. The van der Waals surface area contributed by atoms with Gasteiger partial charge in [-0.3, -0.25) is 4.90 Å². The molecule has 0 aliphatic carbocycles. The molecule has 13 heavy (non-hydrogen) atoms. The summed E-state index contributed by atoms with van der Waals surface area (Å²) in [6.07, 6.45) is 6.51. The molecule has 1 aliphatic rings. The maximum absolute atomic E-state index is 5.06. The third-order valence-electron chi connectivity index (χ3n) is 2.79. The van der Waals surface area contributed by atoms with Gasteiger partial charge in [-0.1, -0.05) is 0 Å². The summed E-state index contributed by atoms with van der Waals surface area (Å²) in [6.45, 7) is 5.98. The lowest BCUT2D eigenvalue weighted by molar-refractivity contribution is 0.141. The van der Waals surface area contributed by atoms with Crippen molar-refractivity contribution in [2.24, 2.45) is 0 Å². The Morgan fingerprint density at radius 2 is 2.23 bits per heavy atom. The normalized spacial score (nSPS) is 29.2. The quantitative estimate of drug-likeness (QED) is 0.572. The van der Waals surface area contributed by atoms with Crippen LogP contribution in [0.5, 0.6) is 0 Å². The van der Waals surface area contributed by atoms with E-state index in [4.69, 9.17) is 4.74 Å². The van der Waals surface area contributed by atoms with E-state index >= 15 is 0 Å². The molecule has 2 nitrogen and oxygen atoms in total. The number of hydrogen-bond donors (Lipinski definition) is 0. The Bertz CT molecular complexity index is 216. The summed E-state index contributed by atoms with van der Waals surface area (Å²) in [5, 5.41) is 0. The fraction of sp³-hybridized carbons (Fsp3) is 0.818. The lowest BCUT2D eigenvalue weighted by atomic mass is 9.90. The van der Waals surface area contributed by atoms with E-state index in [9.17, 15) is 0 Å². The van der Waals surface area contributed by atoms with Gasteiger partial charge >= 0.3 is 0 Å². The summed E-state index contributed by atoms with van der Waals surface area (Å²) in [4.78, 5) is 2.32. The molecule has 1 heterocycles. The molecule has 0 aromatic rings. The SMILES string of the molecule is CCOC#CC1(C)CCCCN1C. The molecular weight excluding hydrogens is 162 g/mol. The third-order valence-corrected chi connectivity index (χ3v) is 2.79. The average molecular weight is 181 g/mol. The fourth-order valence-electron chi connectivity index (χ4n) is 1.63. The molecule has 0 aromatic carbocycles. The van der Waals surface area contributed by atoms with Crippen LogP contribution in [0.15, 0.2) is 0 Å². The highest BCUT2D eigenvalue weighted by molar-refractivity contribution is 5.14. The second-order valence-corrected chi connectivity index (χ2v) is 3.81. The molecule has 0 aromatic heterocycles. The van der Waals surface area contributed by atoms with E-state index in [0.717, 1.165) is 13.0 Å². The van der Waals surface area contributed by atoms with Crippen molar-refractivity contribution in [3.8, 4) is 12.0 Å². The van der Waals surface area contributed by atoms with Crippen LogP contribution in [0.2, 0.25) is 0 Å². The molecule has 1 rings (SSSR count). The van der Waals surface area contributed by atoms with E-state index in [1.165, 1.54) is 12.8 Å². The molecule has 0 radical (unpaired) electrons. The van der Waals surface area contributed by atoms with Crippen LogP contribution in [0.4, 0.5) is 0 Å². The van der Waals surface area contributed by atoms with Crippen molar-refractivity contribution in [2.75, 3.05) is 20.2 Å². The summed E-state index contributed by atoms with van der Waals surface area (Å²) < 4.78 is 5.06. The molecular formula is C11H19NO. The zero-order chi connectivity index (χ0) is 9.73. The number of hydrogen-bond acceptors (Lipinski definition) is 2. The summed E-state index contributed by atoms with van der Waals surface area (Å²) in [5.74, 6) is 3.20. The Morgan fingerprint density at radius 1 is 1.46 bits per heavy atom. The predicted molar refractivity (Wildman–Crippen MR) is 54.3 cm³/mol. The van der Waals surface area contributed by atoms with Crippen LogP contribution in [-0.4, -0.2) is 30.6 Å². The highest BCUT2D eigenvalue weighted by Gasteiger charge is 2.29. The largest absolute Gasteiger partial charge is 0.447 e. The number of piperidine rings is 1. The number of nitrogens with zero attached hydrogens (tertiary/aromatic N) is 1. The van der Waals surface area contributed by atoms with Gasteiger partial charge in [0.25, 0.3) is 0 Å². The highest BCUT2D eigenvalue weighted by atomic mass is 16.5. The first-order valence-electron chi connectivity index (χ1n) is 5.04. The first-order valence-corrected chi connectivity index (χ1v) is 5.04. The standard InChI is InChI=1S/C11H19NO/c1-4-13-10-8-11(2)7-5-6-9-12(11)3/h4-7,9H2,1-3H3. The first-order chi connectivity index (χ1) is 6.19. The number of rotatable bonds is 1. The zero-order valence-corrected chi connectivity index (χ0v) is 8.89. The topological polar surface area (TPSA) is 12.5 Å². The predicted octanol–water partition coefficient (Wildman–Crippen LogP) is 1.86. The van der Waals surface area contributed by atoms with Crippen molar-refractivity contribution in [3.05, 3.63) is 0 Å². The summed E-state index contributed by atoms with van der Waals surface area (Å²) in [7, 11) is 2.14. The molecule has 0 spiro atoms. The second-order valence-electron chi connectivity index (χ2n) is 3.81. The van der Waals surface area contributed by atoms with E-state index in [2.05, 4.69) is 30.9 Å². The van der Waals surface area contributed by atoms with Gasteiger partial charge in [0.05, 0.1) is 12.1 Å². The molecule has 0 saturated carbocycles. The molecule has 0 amide bonds. The van der Waals surface area contributed by atoms with E-state index in [1.807, 2.05) is 6.92 Å². The lowest BCUT2D eigenvalue weighted by Gasteiger charge is -2.38. The van der Waals surface area contributed by atoms with Crippen molar-refractivity contribution in [1.29, 1.82) is 0 Å². The van der Waals surface area contributed by atoms with Gasteiger partial charge < -0.3 is 4.74 Å².